The number of imide groups is 2. The molecule has 0 spiro atoms. The second kappa shape index (κ2) is 6.55. The van der Waals surface area contributed by atoms with Gasteiger partial charge in [-0.2, -0.15) is 0 Å². The summed E-state index contributed by atoms with van der Waals surface area (Å²) in [5.74, 6) is -2.60. The van der Waals surface area contributed by atoms with E-state index >= 15 is 0 Å². The van der Waals surface area contributed by atoms with Crippen LogP contribution < -0.4 is 10.6 Å². The second-order valence-corrected chi connectivity index (χ2v) is 5.18. The number of benzene rings is 1. The third kappa shape index (κ3) is 3.20. The Morgan fingerprint density at radius 2 is 2.13 bits per heavy atom. The number of anilines is 1. The van der Waals surface area contributed by atoms with Crippen LogP contribution in [0, 0.1) is 12.7 Å². The highest BCUT2D eigenvalue weighted by Crippen LogP contribution is 2.22. The van der Waals surface area contributed by atoms with Crippen LogP contribution >= 0.6 is 0 Å². The van der Waals surface area contributed by atoms with Gasteiger partial charge < -0.3 is 5.32 Å². The molecule has 0 saturated carbocycles. The fraction of sp³-hybridized carbons (Fsp3) is 0.333. The Labute approximate surface area is 131 Å². The molecule has 2 rings (SSSR count). The van der Waals surface area contributed by atoms with Crippen molar-refractivity contribution in [1.82, 2.24) is 10.2 Å². The van der Waals surface area contributed by atoms with Crippen LogP contribution in [0.5, 0.6) is 0 Å². The van der Waals surface area contributed by atoms with E-state index in [1.807, 2.05) is 0 Å². The van der Waals surface area contributed by atoms with Crippen LogP contribution in [0.1, 0.15) is 28.8 Å². The third-order valence-corrected chi connectivity index (χ3v) is 3.71. The van der Waals surface area contributed by atoms with E-state index < -0.39 is 29.6 Å². The van der Waals surface area contributed by atoms with Gasteiger partial charge in [-0.3, -0.25) is 29.4 Å². The van der Waals surface area contributed by atoms with Gasteiger partial charge in [-0.05, 0) is 31.0 Å². The van der Waals surface area contributed by atoms with E-state index in [9.17, 15) is 23.6 Å². The average molecular weight is 321 g/mol. The number of aryl methyl sites for hydroxylation is 1. The summed E-state index contributed by atoms with van der Waals surface area (Å²) in [7, 11) is 1.54. The summed E-state index contributed by atoms with van der Waals surface area (Å²) in [5.41, 5.74) is 0.663. The van der Waals surface area contributed by atoms with Crippen LogP contribution in [0.15, 0.2) is 12.1 Å². The van der Waals surface area contributed by atoms with Gasteiger partial charge in [0.2, 0.25) is 18.2 Å². The number of amides is 4. The van der Waals surface area contributed by atoms with E-state index in [4.69, 9.17) is 0 Å². The van der Waals surface area contributed by atoms with Gasteiger partial charge in [-0.25, -0.2) is 4.39 Å². The minimum Gasteiger partial charge on any atom is -0.386 e. The second-order valence-electron chi connectivity index (χ2n) is 5.18. The molecule has 0 radical (unpaired) electrons. The fourth-order valence-electron chi connectivity index (χ4n) is 2.45. The first-order chi connectivity index (χ1) is 10.9. The summed E-state index contributed by atoms with van der Waals surface area (Å²) in [6.45, 7) is 1.60. The number of carbonyl (C=O) groups is 4. The van der Waals surface area contributed by atoms with Gasteiger partial charge in [0.25, 0.3) is 5.91 Å². The van der Waals surface area contributed by atoms with Crippen molar-refractivity contribution in [3.05, 3.63) is 29.1 Å². The molecule has 1 fully saturated rings. The van der Waals surface area contributed by atoms with Gasteiger partial charge in [0.1, 0.15) is 11.9 Å². The number of hydrogen-bond acceptors (Lipinski definition) is 5. The fourth-order valence-corrected chi connectivity index (χ4v) is 2.45. The SMILES string of the molecule is CNc1cc(C)c(C(=O)N(C=O)C2CCC(=O)NC2=O)cc1F. The molecule has 122 valence electrons. The Hall–Kier alpha value is -2.77. The van der Waals surface area contributed by atoms with E-state index in [1.165, 1.54) is 6.07 Å². The van der Waals surface area contributed by atoms with E-state index in [1.54, 1.807) is 14.0 Å². The molecule has 23 heavy (non-hydrogen) atoms. The number of carbonyl (C=O) groups excluding carboxylic acids is 4. The van der Waals surface area contributed by atoms with Gasteiger partial charge in [-0.15, -0.1) is 0 Å². The Balaban J connectivity index is 2.34. The minimum atomic E-state index is -1.08. The molecular formula is C15H16FN3O4. The molecule has 1 saturated heterocycles. The Morgan fingerprint density at radius 1 is 1.43 bits per heavy atom. The quantitative estimate of drug-likeness (QED) is 0.625. The highest BCUT2D eigenvalue weighted by atomic mass is 19.1. The Bertz CT molecular complexity index is 690. The van der Waals surface area contributed by atoms with Crippen LogP contribution in [-0.4, -0.2) is 42.1 Å². The Morgan fingerprint density at radius 3 is 2.70 bits per heavy atom. The van der Waals surface area contributed by atoms with Crippen LogP contribution in [-0.2, 0) is 14.4 Å². The van der Waals surface area contributed by atoms with Gasteiger partial charge in [0.05, 0.1) is 5.69 Å². The standard InChI is InChI=1S/C15H16FN3O4/c1-8-5-11(17-2)10(16)6-9(8)15(23)19(7-20)12-3-4-13(21)18-14(12)22/h5-7,12,17H,3-4H2,1-2H3,(H,18,21,22). The Kier molecular flexibility index (Phi) is 4.73. The summed E-state index contributed by atoms with van der Waals surface area (Å²) < 4.78 is 13.9. The molecule has 7 nitrogen and oxygen atoms in total. The molecule has 8 heteroatoms. The van der Waals surface area contributed by atoms with Crippen LogP contribution in [0.3, 0.4) is 0 Å². The molecule has 1 unspecified atom stereocenters. The molecule has 1 atom stereocenters. The molecule has 0 aliphatic carbocycles. The summed E-state index contributed by atoms with van der Waals surface area (Å²) in [5, 5.41) is 4.73. The van der Waals surface area contributed by atoms with Gasteiger partial charge in [-0.1, -0.05) is 0 Å². The number of piperidine rings is 1. The summed E-state index contributed by atoms with van der Waals surface area (Å²) in [6.07, 6.45) is 0.303. The molecule has 0 bridgehead atoms. The zero-order valence-electron chi connectivity index (χ0n) is 12.7. The molecule has 1 aromatic rings. The average Bonchev–Trinajstić information content (AvgIpc) is 2.51. The van der Waals surface area contributed by atoms with Crippen LogP contribution in [0.25, 0.3) is 0 Å². The lowest BCUT2D eigenvalue weighted by Gasteiger charge is -2.28. The molecule has 1 aromatic carbocycles. The zero-order chi connectivity index (χ0) is 17.1. The third-order valence-electron chi connectivity index (χ3n) is 3.71. The van der Waals surface area contributed by atoms with Crippen molar-refractivity contribution in [2.24, 2.45) is 0 Å². The molecule has 4 amide bonds. The predicted molar refractivity (Wildman–Crippen MR) is 79.1 cm³/mol. The monoisotopic (exact) mass is 321 g/mol. The van der Waals surface area contributed by atoms with Gasteiger partial charge in [0.15, 0.2) is 0 Å². The molecule has 1 aliphatic heterocycles. The van der Waals surface area contributed by atoms with Crippen molar-refractivity contribution >= 4 is 29.8 Å². The highest BCUT2D eigenvalue weighted by Gasteiger charge is 2.35. The number of hydrogen-bond donors (Lipinski definition) is 2. The molecular weight excluding hydrogens is 305 g/mol. The van der Waals surface area contributed by atoms with E-state index in [0.717, 1.165) is 6.07 Å². The van der Waals surface area contributed by atoms with Crippen molar-refractivity contribution in [2.75, 3.05) is 12.4 Å². The van der Waals surface area contributed by atoms with Crippen molar-refractivity contribution in [1.29, 1.82) is 0 Å². The van der Waals surface area contributed by atoms with Crippen molar-refractivity contribution in [3.8, 4) is 0 Å². The molecule has 1 aliphatic rings. The van der Waals surface area contributed by atoms with Crippen molar-refractivity contribution in [3.63, 3.8) is 0 Å². The van der Waals surface area contributed by atoms with E-state index in [0.29, 0.717) is 10.5 Å². The predicted octanol–water partition coefficient (Wildman–Crippen LogP) is 0.580. The first-order valence-electron chi connectivity index (χ1n) is 6.98. The first kappa shape index (κ1) is 16.6. The van der Waals surface area contributed by atoms with Crippen LogP contribution in [0.4, 0.5) is 10.1 Å². The lowest BCUT2D eigenvalue weighted by molar-refractivity contribution is -0.139. The van der Waals surface area contributed by atoms with Crippen LogP contribution in [0.2, 0.25) is 0 Å². The smallest absolute Gasteiger partial charge is 0.261 e. The molecule has 2 N–H and O–H groups in total. The lowest BCUT2D eigenvalue weighted by Crippen LogP contribution is -2.53. The zero-order valence-corrected chi connectivity index (χ0v) is 12.7. The van der Waals surface area contributed by atoms with Crippen molar-refractivity contribution in [2.45, 2.75) is 25.8 Å². The topological polar surface area (TPSA) is 95.6 Å². The maximum atomic E-state index is 13.9. The molecule has 1 heterocycles. The molecule has 0 aromatic heterocycles. The maximum Gasteiger partial charge on any atom is 0.261 e. The normalized spacial score (nSPS) is 17.4. The lowest BCUT2D eigenvalue weighted by atomic mass is 10.0. The summed E-state index contributed by atoms with van der Waals surface area (Å²) in [4.78, 5) is 47.5. The summed E-state index contributed by atoms with van der Waals surface area (Å²) in [6, 6.07) is 1.38. The van der Waals surface area contributed by atoms with Gasteiger partial charge in [0, 0.05) is 19.0 Å². The first-order valence-corrected chi connectivity index (χ1v) is 6.98. The van der Waals surface area contributed by atoms with Crippen molar-refractivity contribution < 1.29 is 23.6 Å². The number of nitrogens with one attached hydrogen (secondary N) is 2. The maximum absolute atomic E-state index is 13.9. The number of rotatable bonds is 4. The number of halogens is 1. The van der Waals surface area contributed by atoms with E-state index in [2.05, 4.69) is 10.6 Å². The minimum absolute atomic E-state index is 0.0155. The number of nitrogens with zero attached hydrogens (tertiary/aromatic N) is 1. The van der Waals surface area contributed by atoms with Gasteiger partial charge >= 0.3 is 0 Å². The van der Waals surface area contributed by atoms with E-state index in [-0.39, 0.29) is 30.5 Å². The largest absolute Gasteiger partial charge is 0.386 e. The summed E-state index contributed by atoms with van der Waals surface area (Å²) >= 11 is 0. The highest BCUT2D eigenvalue weighted by molar-refractivity contribution is 6.07.